The van der Waals surface area contributed by atoms with Crippen LogP contribution in [0.3, 0.4) is 0 Å². The molecule has 0 spiro atoms. The third kappa shape index (κ3) is 2.76. The zero-order valence-electron chi connectivity index (χ0n) is 10.9. The quantitative estimate of drug-likeness (QED) is 0.857. The molecule has 1 saturated heterocycles. The number of aliphatic hydroxyl groups excluding tert-OH is 1. The van der Waals surface area contributed by atoms with Gasteiger partial charge in [-0.25, -0.2) is 0 Å². The van der Waals surface area contributed by atoms with Crippen LogP contribution in [0.25, 0.3) is 0 Å². The molecule has 2 unspecified atom stereocenters. The molecular weight excluding hydrogens is 222 g/mol. The second-order valence-corrected chi connectivity index (χ2v) is 5.80. The summed E-state index contributed by atoms with van der Waals surface area (Å²) in [5.41, 5.74) is 2.51. The first kappa shape index (κ1) is 12.2. The molecule has 0 bridgehead atoms. The van der Waals surface area contributed by atoms with Gasteiger partial charge >= 0.3 is 0 Å². The van der Waals surface area contributed by atoms with Crippen LogP contribution >= 0.6 is 0 Å². The van der Waals surface area contributed by atoms with Gasteiger partial charge in [0, 0.05) is 6.04 Å². The fourth-order valence-electron chi connectivity index (χ4n) is 2.94. The van der Waals surface area contributed by atoms with Gasteiger partial charge in [-0.1, -0.05) is 37.1 Å². The molecular formula is C16H23NO. The lowest BCUT2D eigenvalue weighted by atomic mass is 9.97. The van der Waals surface area contributed by atoms with Crippen molar-refractivity contribution in [3.63, 3.8) is 0 Å². The molecule has 2 N–H and O–H groups in total. The number of nitrogens with one attached hydrogen (secondary N) is 1. The lowest BCUT2D eigenvalue weighted by Crippen LogP contribution is -2.34. The molecule has 1 aromatic rings. The topological polar surface area (TPSA) is 32.3 Å². The number of hydrogen-bond donors (Lipinski definition) is 2. The van der Waals surface area contributed by atoms with Crippen molar-refractivity contribution < 1.29 is 5.11 Å². The molecule has 1 aromatic carbocycles. The van der Waals surface area contributed by atoms with Gasteiger partial charge in [0.15, 0.2) is 0 Å². The Labute approximate surface area is 109 Å². The van der Waals surface area contributed by atoms with Gasteiger partial charge in [0.25, 0.3) is 0 Å². The van der Waals surface area contributed by atoms with E-state index in [0.717, 1.165) is 24.4 Å². The summed E-state index contributed by atoms with van der Waals surface area (Å²) < 4.78 is 0. The summed E-state index contributed by atoms with van der Waals surface area (Å²) in [6.07, 6.45) is 7.18. The highest BCUT2D eigenvalue weighted by Crippen LogP contribution is 2.40. The zero-order valence-corrected chi connectivity index (χ0v) is 10.9. The van der Waals surface area contributed by atoms with Gasteiger partial charge in [-0.2, -0.15) is 0 Å². The minimum absolute atomic E-state index is 0.235. The van der Waals surface area contributed by atoms with Crippen LogP contribution in [0, 0.1) is 0 Å². The van der Waals surface area contributed by atoms with Crippen LogP contribution < -0.4 is 5.32 Å². The first-order valence-electron chi connectivity index (χ1n) is 7.36. The Morgan fingerprint density at radius 1 is 1.00 bits per heavy atom. The van der Waals surface area contributed by atoms with E-state index in [0.29, 0.717) is 0 Å². The summed E-state index contributed by atoms with van der Waals surface area (Å²) in [4.78, 5) is 0. The van der Waals surface area contributed by atoms with Crippen LogP contribution in [0.4, 0.5) is 0 Å². The Kier molecular flexibility index (Phi) is 3.67. The number of rotatable bonds is 3. The molecule has 98 valence electrons. The second kappa shape index (κ2) is 5.41. The van der Waals surface area contributed by atoms with E-state index in [1.807, 2.05) is 0 Å². The summed E-state index contributed by atoms with van der Waals surface area (Å²) in [6, 6.07) is 8.87. The summed E-state index contributed by atoms with van der Waals surface area (Å²) in [6.45, 7) is 1.04. The summed E-state index contributed by atoms with van der Waals surface area (Å²) in [5.74, 6) is 0.798. The molecule has 0 amide bonds. The average Bonchev–Trinajstić information content (AvgIpc) is 3.25. The van der Waals surface area contributed by atoms with Crippen molar-refractivity contribution >= 4 is 0 Å². The molecule has 0 radical (unpaired) electrons. The normalized spacial score (nSPS) is 26.6. The minimum atomic E-state index is -0.351. The molecule has 1 heterocycles. The van der Waals surface area contributed by atoms with Crippen molar-refractivity contribution in [1.82, 2.24) is 5.32 Å². The van der Waals surface area contributed by atoms with Crippen molar-refractivity contribution in [2.45, 2.75) is 56.6 Å². The standard InChI is InChI=1S/C16H23NO/c18-16(15-4-2-1-3-11-17-15)14-9-7-13(8-10-14)12-5-6-12/h7-10,12,15-18H,1-6,11H2. The first-order chi connectivity index (χ1) is 8.84. The molecule has 2 atom stereocenters. The minimum Gasteiger partial charge on any atom is -0.387 e. The smallest absolute Gasteiger partial charge is 0.0942 e. The number of hydrogen-bond acceptors (Lipinski definition) is 2. The van der Waals surface area contributed by atoms with E-state index < -0.39 is 0 Å². The number of benzene rings is 1. The molecule has 1 aliphatic heterocycles. The van der Waals surface area contributed by atoms with Gasteiger partial charge in [-0.3, -0.25) is 0 Å². The van der Waals surface area contributed by atoms with Gasteiger partial charge < -0.3 is 10.4 Å². The average molecular weight is 245 g/mol. The highest BCUT2D eigenvalue weighted by molar-refractivity contribution is 5.29. The predicted molar refractivity (Wildman–Crippen MR) is 73.6 cm³/mol. The van der Waals surface area contributed by atoms with Gasteiger partial charge in [-0.05, 0) is 49.3 Å². The van der Waals surface area contributed by atoms with Crippen LogP contribution in [-0.2, 0) is 0 Å². The highest BCUT2D eigenvalue weighted by atomic mass is 16.3. The van der Waals surface area contributed by atoms with E-state index in [1.54, 1.807) is 0 Å². The monoisotopic (exact) mass is 245 g/mol. The maximum atomic E-state index is 10.5. The van der Waals surface area contributed by atoms with Crippen LogP contribution in [-0.4, -0.2) is 17.7 Å². The van der Waals surface area contributed by atoms with Gasteiger partial charge in [0.05, 0.1) is 6.10 Å². The third-order valence-electron chi connectivity index (χ3n) is 4.31. The fourth-order valence-corrected chi connectivity index (χ4v) is 2.94. The molecule has 2 aliphatic rings. The zero-order chi connectivity index (χ0) is 12.4. The van der Waals surface area contributed by atoms with E-state index in [-0.39, 0.29) is 12.1 Å². The van der Waals surface area contributed by atoms with Crippen LogP contribution in [0.15, 0.2) is 24.3 Å². The third-order valence-corrected chi connectivity index (χ3v) is 4.31. The van der Waals surface area contributed by atoms with Crippen molar-refractivity contribution in [3.8, 4) is 0 Å². The molecule has 18 heavy (non-hydrogen) atoms. The maximum absolute atomic E-state index is 10.5. The van der Waals surface area contributed by atoms with Crippen LogP contribution in [0.2, 0.25) is 0 Å². The lowest BCUT2D eigenvalue weighted by molar-refractivity contribution is 0.126. The van der Waals surface area contributed by atoms with E-state index >= 15 is 0 Å². The molecule has 0 aromatic heterocycles. The predicted octanol–water partition coefficient (Wildman–Crippen LogP) is 3.13. The summed E-state index contributed by atoms with van der Waals surface area (Å²) in [7, 11) is 0. The molecule has 3 rings (SSSR count). The van der Waals surface area contributed by atoms with Crippen LogP contribution in [0.5, 0.6) is 0 Å². The van der Waals surface area contributed by atoms with Gasteiger partial charge in [0.1, 0.15) is 0 Å². The SMILES string of the molecule is OC(c1ccc(C2CC2)cc1)C1CCCCCN1. The molecule has 2 fully saturated rings. The summed E-state index contributed by atoms with van der Waals surface area (Å²) in [5, 5.41) is 13.9. The Morgan fingerprint density at radius 2 is 1.78 bits per heavy atom. The highest BCUT2D eigenvalue weighted by Gasteiger charge is 2.25. The Bertz CT molecular complexity index is 375. The molecule has 2 nitrogen and oxygen atoms in total. The van der Waals surface area contributed by atoms with E-state index in [4.69, 9.17) is 0 Å². The fraction of sp³-hybridized carbons (Fsp3) is 0.625. The second-order valence-electron chi connectivity index (χ2n) is 5.80. The van der Waals surface area contributed by atoms with Gasteiger partial charge in [0.2, 0.25) is 0 Å². The molecule has 2 heteroatoms. The van der Waals surface area contributed by atoms with E-state index in [2.05, 4.69) is 29.6 Å². The van der Waals surface area contributed by atoms with Crippen molar-refractivity contribution in [2.75, 3.05) is 6.54 Å². The Balaban J connectivity index is 1.67. The van der Waals surface area contributed by atoms with Gasteiger partial charge in [-0.15, -0.1) is 0 Å². The maximum Gasteiger partial charge on any atom is 0.0942 e. The first-order valence-corrected chi connectivity index (χ1v) is 7.36. The largest absolute Gasteiger partial charge is 0.387 e. The molecule has 1 saturated carbocycles. The van der Waals surface area contributed by atoms with Crippen molar-refractivity contribution in [1.29, 1.82) is 0 Å². The lowest BCUT2D eigenvalue weighted by Gasteiger charge is -2.23. The number of aliphatic hydroxyl groups is 1. The molecule has 1 aliphatic carbocycles. The van der Waals surface area contributed by atoms with Crippen molar-refractivity contribution in [2.24, 2.45) is 0 Å². The van der Waals surface area contributed by atoms with E-state index in [9.17, 15) is 5.11 Å². The Morgan fingerprint density at radius 3 is 2.50 bits per heavy atom. The van der Waals surface area contributed by atoms with Crippen LogP contribution in [0.1, 0.15) is 61.7 Å². The van der Waals surface area contributed by atoms with E-state index in [1.165, 1.54) is 37.7 Å². The van der Waals surface area contributed by atoms with Crippen molar-refractivity contribution in [3.05, 3.63) is 35.4 Å². The Hall–Kier alpha value is -0.860. The summed E-state index contributed by atoms with van der Waals surface area (Å²) >= 11 is 0.